The van der Waals surface area contributed by atoms with Gasteiger partial charge >= 0.3 is 0 Å². The van der Waals surface area contributed by atoms with E-state index in [1.807, 2.05) is 19.1 Å². The molecule has 0 fully saturated rings. The standard InChI is InChI=1S/C22H19NO5/c1-15-3-5-17(6-4-15)22(24)12-10-18-7-8-20(28-18)14-27-19-9-11-21(23(25)26)16(2)13-19/h3-13H,14H2,1-2H3/b12-10+. The van der Waals surface area contributed by atoms with Crippen LogP contribution >= 0.6 is 0 Å². The highest BCUT2D eigenvalue weighted by Crippen LogP contribution is 2.24. The Labute approximate surface area is 162 Å². The average Bonchev–Trinajstić information content (AvgIpc) is 3.12. The number of aryl methyl sites for hydroxylation is 2. The van der Waals surface area contributed by atoms with Crippen LogP contribution in [0.1, 0.15) is 33.0 Å². The minimum absolute atomic E-state index is 0.0519. The molecule has 142 valence electrons. The van der Waals surface area contributed by atoms with Gasteiger partial charge in [0.25, 0.3) is 5.69 Å². The Hall–Kier alpha value is -3.67. The van der Waals surface area contributed by atoms with E-state index in [0.717, 1.165) is 5.56 Å². The van der Waals surface area contributed by atoms with Crippen molar-refractivity contribution in [2.45, 2.75) is 20.5 Å². The third kappa shape index (κ3) is 4.73. The van der Waals surface area contributed by atoms with Gasteiger partial charge in [0.2, 0.25) is 0 Å². The predicted octanol–water partition coefficient (Wildman–Crippen LogP) is 5.28. The van der Waals surface area contributed by atoms with Crippen molar-refractivity contribution < 1.29 is 18.9 Å². The Morgan fingerprint density at radius 3 is 2.54 bits per heavy atom. The molecule has 0 saturated carbocycles. The number of ketones is 1. The first-order valence-corrected chi connectivity index (χ1v) is 8.68. The number of ether oxygens (including phenoxy) is 1. The molecule has 6 nitrogen and oxygen atoms in total. The van der Waals surface area contributed by atoms with Gasteiger partial charge in [-0.3, -0.25) is 14.9 Å². The summed E-state index contributed by atoms with van der Waals surface area (Å²) < 4.78 is 11.3. The molecule has 0 saturated heterocycles. The van der Waals surface area contributed by atoms with Crippen molar-refractivity contribution in [3.05, 3.63) is 99.0 Å². The summed E-state index contributed by atoms with van der Waals surface area (Å²) >= 11 is 0. The lowest BCUT2D eigenvalue weighted by molar-refractivity contribution is -0.385. The SMILES string of the molecule is Cc1ccc(C(=O)/C=C/c2ccc(COc3ccc([N+](=O)[O-])c(C)c3)o2)cc1. The molecule has 28 heavy (non-hydrogen) atoms. The van der Waals surface area contributed by atoms with Crippen LogP contribution in [0.15, 0.2) is 65.1 Å². The minimum atomic E-state index is -0.428. The van der Waals surface area contributed by atoms with Crippen LogP contribution < -0.4 is 4.74 Å². The molecular weight excluding hydrogens is 358 g/mol. The highest BCUT2D eigenvalue weighted by atomic mass is 16.6. The molecule has 0 aliphatic heterocycles. The second-order valence-electron chi connectivity index (χ2n) is 6.36. The molecule has 0 aliphatic carbocycles. The van der Waals surface area contributed by atoms with Crippen molar-refractivity contribution in [1.82, 2.24) is 0 Å². The van der Waals surface area contributed by atoms with Crippen LogP contribution in [0.2, 0.25) is 0 Å². The van der Waals surface area contributed by atoms with Gasteiger partial charge in [-0.1, -0.05) is 29.8 Å². The zero-order chi connectivity index (χ0) is 20.1. The first-order valence-electron chi connectivity index (χ1n) is 8.68. The lowest BCUT2D eigenvalue weighted by Crippen LogP contribution is -1.96. The average molecular weight is 377 g/mol. The third-order valence-corrected chi connectivity index (χ3v) is 4.16. The number of furan rings is 1. The molecule has 0 bridgehead atoms. The molecule has 0 atom stereocenters. The van der Waals surface area contributed by atoms with E-state index in [2.05, 4.69) is 0 Å². The van der Waals surface area contributed by atoms with E-state index in [1.54, 1.807) is 49.4 Å². The second kappa shape index (κ2) is 8.35. The number of carbonyl (C=O) groups is 1. The van der Waals surface area contributed by atoms with Gasteiger partial charge in [-0.05, 0) is 50.3 Å². The summed E-state index contributed by atoms with van der Waals surface area (Å²) in [5.74, 6) is 1.54. The van der Waals surface area contributed by atoms with E-state index in [1.165, 1.54) is 12.1 Å². The number of hydrogen-bond donors (Lipinski definition) is 0. The van der Waals surface area contributed by atoms with Gasteiger partial charge in [0, 0.05) is 17.2 Å². The van der Waals surface area contributed by atoms with Gasteiger partial charge in [0.15, 0.2) is 5.78 Å². The Morgan fingerprint density at radius 1 is 1.11 bits per heavy atom. The fraction of sp³-hybridized carbons (Fsp3) is 0.136. The number of rotatable bonds is 7. The summed E-state index contributed by atoms with van der Waals surface area (Å²) in [5, 5.41) is 10.8. The fourth-order valence-electron chi connectivity index (χ4n) is 2.61. The number of nitro benzene ring substituents is 1. The first kappa shape index (κ1) is 19.1. The van der Waals surface area contributed by atoms with E-state index in [0.29, 0.717) is 28.4 Å². The second-order valence-corrected chi connectivity index (χ2v) is 6.36. The summed E-state index contributed by atoms with van der Waals surface area (Å²) in [6, 6.07) is 15.4. The lowest BCUT2D eigenvalue weighted by atomic mass is 10.1. The molecule has 0 aliphatic rings. The van der Waals surface area contributed by atoms with Gasteiger partial charge < -0.3 is 9.15 Å². The van der Waals surface area contributed by atoms with Gasteiger partial charge in [-0.2, -0.15) is 0 Å². The van der Waals surface area contributed by atoms with E-state index in [4.69, 9.17) is 9.15 Å². The quantitative estimate of drug-likeness (QED) is 0.242. The number of allylic oxidation sites excluding steroid dienone is 1. The molecule has 0 radical (unpaired) electrons. The summed E-state index contributed by atoms with van der Waals surface area (Å²) in [7, 11) is 0. The number of carbonyl (C=O) groups excluding carboxylic acids is 1. The van der Waals surface area contributed by atoms with Crippen molar-refractivity contribution in [2.75, 3.05) is 0 Å². The van der Waals surface area contributed by atoms with Crippen molar-refractivity contribution >= 4 is 17.5 Å². The topological polar surface area (TPSA) is 82.6 Å². The Bertz CT molecular complexity index is 1030. The van der Waals surface area contributed by atoms with Crippen LogP contribution in [0.5, 0.6) is 5.75 Å². The smallest absolute Gasteiger partial charge is 0.272 e. The largest absolute Gasteiger partial charge is 0.486 e. The molecule has 1 heterocycles. The Morgan fingerprint density at radius 2 is 1.86 bits per heavy atom. The van der Waals surface area contributed by atoms with Gasteiger partial charge in [-0.25, -0.2) is 0 Å². The Balaban J connectivity index is 1.59. The van der Waals surface area contributed by atoms with Crippen molar-refractivity contribution in [3.8, 4) is 5.75 Å². The number of nitro groups is 1. The maximum absolute atomic E-state index is 12.2. The Kier molecular flexibility index (Phi) is 5.69. The summed E-state index contributed by atoms with van der Waals surface area (Å²) in [5.41, 5.74) is 2.29. The molecule has 0 unspecified atom stereocenters. The van der Waals surface area contributed by atoms with Crippen LogP contribution in [0.25, 0.3) is 6.08 Å². The normalized spacial score (nSPS) is 10.9. The number of hydrogen-bond acceptors (Lipinski definition) is 5. The molecular formula is C22H19NO5. The minimum Gasteiger partial charge on any atom is -0.486 e. The van der Waals surface area contributed by atoms with Gasteiger partial charge in [0.1, 0.15) is 23.9 Å². The van der Waals surface area contributed by atoms with Crippen molar-refractivity contribution in [1.29, 1.82) is 0 Å². The highest BCUT2D eigenvalue weighted by molar-refractivity contribution is 6.06. The predicted molar refractivity (Wildman–Crippen MR) is 105 cm³/mol. The zero-order valence-corrected chi connectivity index (χ0v) is 15.5. The van der Waals surface area contributed by atoms with Crippen LogP contribution in [-0.2, 0) is 6.61 Å². The molecule has 0 amide bonds. The van der Waals surface area contributed by atoms with Gasteiger partial charge in [-0.15, -0.1) is 0 Å². The van der Waals surface area contributed by atoms with E-state index in [-0.39, 0.29) is 18.1 Å². The first-order chi connectivity index (χ1) is 13.4. The summed E-state index contributed by atoms with van der Waals surface area (Å²) in [6.07, 6.45) is 3.08. The van der Waals surface area contributed by atoms with Crippen molar-refractivity contribution in [3.63, 3.8) is 0 Å². The van der Waals surface area contributed by atoms with Crippen LogP contribution in [0, 0.1) is 24.0 Å². The summed E-state index contributed by atoms with van der Waals surface area (Å²) in [6.45, 7) is 3.80. The molecule has 6 heteroatoms. The van der Waals surface area contributed by atoms with Crippen LogP contribution in [0.4, 0.5) is 5.69 Å². The van der Waals surface area contributed by atoms with E-state index in [9.17, 15) is 14.9 Å². The molecule has 1 aromatic heterocycles. The van der Waals surface area contributed by atoms with Crippen LogP contribution in [0.3, 0.4) is 0 Å². The molecule has 0 N–H and O–H groups in total. The van der Waals surface area contributed by atoms with E-state index < -0.39 is 4.92 Å². The maximum Gasteiger partial charge on any atom is 0.272 e. The van der Waals surface area contributed by atoms with Gasteiger partial charge in [0.05, 0.1) is 4.92 Å². The van der Waals surface area contributed by atoms with E-state index >= 15 is 0 Å². The zero-order valence-electron chi connectivity index (χ0n) is 15.5. The van der Waals surface area contributed by atoms with Crippen molar-refractivity contribution in [2.24, 2.45) is 0 Å². The molecule has 3 aromatic rings. The lowest BCUT2D eigenvalue weighted by Gasteiger charge is -2.05. The summed E-state index contributed by atoms with van der Waals surface area (Å²) in [4.78, 5) is 22.6. The molecule has 3 rings (SSSR count). The number of nitrogens with zero attached hydrogens (tertiary/aromatic N) is 1. The molecule has 2 aromatic carbocycles. The highest BCUT2D eigenvalue weighted by Gasteiger charge is 2.11. The van der Waals surface area contributed by atoms with Crippen LogP contribution in [-0.4, -0.2) is 10.7 Å². The monoisotopic (exact) mass is 377 g/mol. The third-order valence-electron chi connectivity index (χ3n) is 4.16. The number of benzene rings is 2. The maximum atomic E-state index is 12.2. The fourth-order valence-corrected chi connectivity index (χ4v) is 2.61. The molecule has 0 spiro atoms.